The zero-order valence-corrected chi connectivity index (χ0v) is 12.7. The van der Waals surface area contributed by atoms with Crippen LogP contribution in [0.2, 0.25) is 5.02 Å². The molecule has 1 saturated heterocycles. The van der Waals surface area contributed by atoms with Gasteiger partial charge in [-0.3, -0.25) is 4.79 Å². The number of sulfonamides is 1. The molecule has 0 unspecified atom stereocenters. The van der Waals surface area contributed by atoms with E-state index in [9.17, 15) is 17.6 Å². The maximum Gasteiger partial charge on any atom is 0.246 e. The van der Waals surface area contributed by atoms with Gasteiger partial charge >= 0.3 is 0 Å². The van der Waals surface area contributed by atoms with Crippen LogP contribution in [-0.4, -0.2) is 43.9 Å². The Bertz CT molecular complexity index is 667. The van der Waals surface area contributed by atoms with E-state index in [1.54, 1.807) is 0 Å². The smallest absolute Gasteiger partial charge is 0.246 e. The van der Waals surface area contributed by atoms with Gasteiger partial charge in [-0.05, 0) is 25.1 Å². The number of hydrogen-bond donors (Lipinski definition) is 1. The number of amides is 1. The van der Waals surface area contributed by atoms with Gasteiger partial charge < -0.3 is 10.5 Å². The number of nitrogens with two attached hydrogens (primary N) is 1. The minimum Gasteiger partial charge on any atom is -0.375 e. The summed E-state index contributed by atoms with van der Waals surface area (Å²) in [5.41, 5.74) is 5.25. The molecule has 1 aliphatic heterocycles. The van der Waals surface area contributed by atoms with Crippen molar-refractivity contribution in [2.75, 3.05) is 13.2 Å². The number of halogens is 2. The highest BCUT2D eigenvalue weighted by Gasteiger charge is 2.42. The van der Waals surface area contributed by atoms with Crippen LogP contribution in [-0.2, 0) is 19.6 Å². The van der Waals surface area contributed by atoms with E-state index < -0.39 is 38.8 Å². The van der Waals surface area contributed by atoms with Crippen molar-refractivity contribution < 1.29 is 22.3 Å². The van der Waals surface area contributed by atoms with Gasteiger partial charge in [0, 0.05) is 11.6 Å². The zero-order valence-electron chi connectivity index (χ0n) is 11.1. The number of benzene rings is 1. The van der Waals surface area contributed by atoms with E-state index >= 15 is 0 Å². The first kappa shape index (κ1) is 16.2. The van der Waals surface area contributed by atoms with Crippen LogP contribution in [0.5, 0.6) is 0 Å². The highest BCUT2D eigenvalue weighted by atomic mass is 35.5. The highest BCUT2D eigenvalue weighted by molar-refractivity contribution is 7.89. The number of carbonyl (C=O) groups excluding carboxylic acids is 1. The molecule has 0 spiro atoms. The largest absolute Gasteiger partial charge is 0.375 e. The summed E-state index contributed by atoms with van der Waals surface area (Å²) in [4.78, 5) is 11.0. The minimum absolute atomic E-state index is 0.0771. The summed E-state index contributed by atoms with van der Waals surface area (Å²) in [5.74, 6) is -1.83. The number of morpholine rings is 1. The predicted octanol–water partition coefficient (Wildman–Crippen LogP) is 0.742. The van der Waals surface area contributed by atoms with Gasteiger partial charge in [0.2, 0.25) is 15.9 Å². The van der Waals surface area contributed by atoms with Crippen LogP contribution in [0.4, 0.5) is 4.39 Å². The van der Waals surface area contributed by atoms with Crippen molar-refractivity contribution in [3.63, 3.8) is 0 Å². The topological polar surface area (TPSA) is 89.7 Å². The Hall–Kier alpha value is -1.22. The van der Waals surface area contributed by atoms with E-state index in [-0.39, 0.29) is 18.2 Å². The molecule has 2 N–H and O–H groups in total. The quantitative estimate of drug-likeness (QED) is 0.881. The molecule has 21 heavy (non-hydrogen) atoms. The number of rotatable bonds is 3. The molecule has 0 radical (unpaired) electrons. The monoisotopic (exact) mass is 336 g/mol. The highest BCUT2D eigenvalue weighted by Crippen LogP contribution is 2.26. The summed E-state index contributed by atoms with van der Waals surface area (Å²) in [7, 11) is -4.22. The van der Waals surface area contributed by atoms with Crippen molar-refractivity contribution in [1.29, 1.82) is 0 Å². The second-order valence-electron chi connectivity index (χ2n) is 4.61. The van der Waals surface area contributed by atoms with Gasteiger partial charge in [-0.15, -0.1) is 0 Å². The normalized spacial score (nSPS) is 24.0. The molecule has 2 rings (SSSR count). The lowest BCUT2D eigenvalue weighted by Gasteiger charge is -2.36. The van der Waals surface area contributed by atoms with Crippen molar-refractivity contribution in [1.82, 2.24) is 4.31 Å². The fourth-order valence-corrected chi connectivity index (χ4v) is 4.09. The first-order chi connectivity index (χ1) is 9.75. The zero-order chi connectivity index (χ0) is 15.8. The first-order valence-electron chi connectivity index (χ1n) is 6.13. The molecule has 1 fully saturated rings. The average Bonchev–Trinajstić information content (AvgIpc) is 2.37. The van der Waals surface area contributed by atoms with Crippen LogP contribution >= 0.6 is 11.6 Å². The Labute approximate surface area is 126 Å². The van der Waals surface area contributed by atoms with Crippen LogP contribution in [0.25, 0.3) is 0 Å². The van der Waals surface area contributed by atoms with Gasteiger partial charge in [-0.1, -0.05) is 11.6 Å². The molecule has 6 nitrogen and oxygen atoms in total. The van der Waals surface area contributed by atoms with Gasteiger partial charge in [-0.2, -0.15) is 4.31 Å². The standard InChI is InChI=1S/C12H14ClFN2O4S/c1-7-11(12(15)17)16(4-5-20-7)21(18,19)10-3-2-8(13)6-9(10)14/h2-3,6-7,11H,4-5H2,1H3,(H2,15,17)/t7-,11+/m1/s1. The maximum atomic E-state index is 13.9. The molecule has 1 aliphatic rings. The van der Waals surface area contributed by atoms with Gasteiger partial charge in [0.05, 0.1) is 12.7 Å². The first-order valence-corrected chi connectivity index (χ1v) is 7.95. The lowest BCUT2D eigenvalue weighted by Crippen LogP contribution is -2.58. The Balaban J connectivity index is 2.48. The fraction of sp³-hybridized carbons (Fsp3) is 0.417. The van der Waals surface area contributed by atoms with Crippen molar-refractivity contribution in [3.8, 4) is 0 Å². The summed E-state index contributed by atoms with van der Waals surface area (Å²) in [6.45, 7) is 1.55. The van der Waals surface area contributed by atoms with Crippen molar-refractivity contribution in [2.45, 2.75) is 24.0 Å². The molecule has 0 bridgehead atoms. The third-order valence-corrected chi connectivity index (χ3v) is 5.37. The third-order valence-electron chi connectivity index (χ3n) is 3.22. The summed E-state index contributed by atoms with van der Waals surface area (Å²) in [6.07, 6.45) is -0.707. The summed E-state index contributed by atoms with van der Waals surface area (Å²) < 4.78 is 45.1. The van der Waals surface area contributed by atoms with Crippen LogP contribution in [0.3, 0.4) is 0 Å². The Kier molecular flexibility index (Phi) is 4.52. The Morgan fingerprint density at radius 2 is 2.19 bits per heavy atom. The maximum absolute atomic E-state index is 13.9. The molecule has 1 aromatic rings. The van der Waals surface area contributed by atoms with Crippen LogP contribution in [0.15, 0.2) is 23.1 Å². The number of nitrogens with zero attached hydrogens (tertiary/aromatic N) is 1. The van der Waals surface area contributed by atoms with E-state index in [4.69, 9.17) is 22.1 Å². The van der Waals surface area contributed by atoms with Gasteiger partial charge in [-0.25, -0.2) is 12.8 Å². The Morgan fingerprint density at radius 1 is 1.52 bits per heavy atom. The second kappa shape index (κ2) is 5.88. The molecule has 116 valence electrons. The van der Waals surface area contributed by atoms with E-state index in [2.05, 4.69) is 0 Å². The van der Waals surface area contributed by atoms with Crippen molar-refractivity contribution >= 4 is 27.5 Å². The number of carbonyl (C=O) groups is 1. The molecular formula is C12H14ClFN2O4S. The molecule has 1 amide bonds. The van der Waals surface area contributed by atoms with Gasteiger partial charge in [0.25, 0.3) is 0 Å². The molecule has 0 aromatic heterocycles. The van der Waals surface area contributed by atoms with Crippen molar-refractivity contribution in [2.24, 2.45) is 5.73 Å². The summed E-state index contributed by atoms with van der Waals surface area (Å²) in [5, 5.41) is 0.0771. The van der Waals surface area contributed by atoms with E-state index in [0.29, 0.717) is 0 Å². The molecule has 9 heteroatoms. The van der Waals surface area contributed by atoms with Gasteiger partial charge in [0.1, 0.15) is 16.8 Å². The fourth-order valence-electron chi connectivity index (χ4n) is 2.25. The van der Waals surface area contributed by atoms with Crippen LogP contribution in [0, 0.1) is 5.82 Å². The van der Waals surface area contributed by atoms with E-state index in [0.717, 1.165) is 16.4 Å². The minimum atomic E-state index is -4.22. The number of hydrogen-bond acceptors (Lipinski definition) is 4. The molecule has 2 atom stereocenters. The van der Waals surface area contributed by atoms with Gasteiger partial charge in [0.15, 0.2) is 0 Å². The SMILES string of the molecule is C[C@H]1OCCN(S(=O)(=O)c2ccc(Cl)cc2F)[C@@H]1C(N)=O. The second-order valence-corrected chi connectivity index (χ2v) is 6.91. The van der Waals surface area contributed by atoms with Crippen LogP contribution in [0.1, 0.15) is 6.92 Å². The van der Waals surface area contributed by atoms with E-state index in [1.807, 2.05) is 0 Å². The van der Waals surface area contributed by atoms with Crippen molar-refractivity contribution in [3.05, 3.63) is 29.0 Å². The molecule has 0 aliphatic carbocycles. The molecule has 1 heterocycles. The van der Waals surface area contributed by atoms with Crippen LogP contribution < -0.4 is 5.73 Å². The lowest BCUT2D eigenvalue weighted by molar-refractivity contribution is -0.130. The van der Waals surface area contributed by atoms with E-state index in [1.165, 1.54) is 13.0 Å². The number of ether oxygens (including phenoxy) is 1. The Morgan fingerprint density at radius 3 is 2.76 bits per heavy atom. The molecular weight excluding hydrogens is 323 g/mol. The number of primary amides is 1. The molecule has 1 aromatic carbocycles. The lowest BCUT2D eigenvalue weighted by atomic mass is 10.1. The molecule has 0 saturated carbocycles. The summed E-state index contributed by atoms with van der Waals surface area (Å²) in [6, 6.07) is 2.04. The third kappa shape index (κ3) is 3.03. The predicted molar refractivity (Wildman–Crippen MR) is 73.7 cm³/mol. The average molecular weight is 337 g/mol. The summed E-state index contributed by atoms with van der Waals surface area (Å²) >= 11 is 5.61.